The van der Waals surface area contributed by atoms with Gasteiger partial charge in [-0.3, -0.25) is 0 Å². The van der Waals surface area contributed by atoms with Gasteiger partial charge in [0.25, 0.3) is 0 Å². The highest BCUT2D eigenvalue weighted by Gasteiger charge is 2.24. The number of ether oxygens (including phenoxy) is 3. The summed E-state index contributed by atoms with van der Waals surface area (Å²) in [7, 11) is 0. The van der Waals surface area contributed by atoms with Crippen LogP contribution >= 0.6 is 0 Å². The van der Waals surface area contributed by atoms with E-state index in [0.717, 1.165) is 0 Å². The van der Waals surface area contributed by atoms with Crippen LogP contribution < -0.4 is 15.4 Å². The van der Waals surface area contributed by atoms with Gasteiger partial charge in [0.1, 0.15) is 12.4 Å². The maximum Gasteiger partial charge on any atom is 0.338 e. The summed E-state index contributed by atoms with van der Waals surface area (Å²) in [6.07, 6.45) is 0. The largest absolute Gasteiger partial charge is 0.493 e. The Balaban J connectivity index is 2.05. The monoisotopic (exact) mass is 376 g/mol. The summed E-state index contributed by atoms with van der Waals surface area (Å²) < 4.78 is 15.8. The fourth-order valence-electron chi connectivity index (χ4n) is 2.27. The molecule has 0 aromatic heterocycles. The summed E-state index contributed by atoms with van der Waals surface area (Å²) in [4.78, 5) is 35.8. The topological polar surface area (TPSA) is 103 Å². The minimum atomic E-state index is -0.589. The average molecular weight is 376 g/mol. The quantitative estimate of drug-likeness (QED) is 0.673. The van der Waals surface area contributed by atoms with E-state index in [2.05, 4.69) is 10.6 Å². The Labute approximate surface area is 157 Å². The van der Waals surface area contributed by atoms with E-state index < -0.39 is 18.0 Å². The van der Waals surface area contributed by atoms with E-state index in [1.807, 2.05) is 13.8 Å². The molecule has 2 amide bonds. The van der Waals surface area contributed by atoms with Gasteiger partial charge in [-0.2, -0.15) is 0 Å². The van der Waals surface area contributed by atoms with Crippen LogP contribution in [0.5, 0.6) is 5.75 Å². The third kappa shape index (κ3) is 6.02. The number of esters is 2. The van der Waals surface area contributed by atoms with Crippen molar-refractivity contribution >= 4 is 18.0 Å². The molecule has 1 aliphatic heterocycles. The Hall–Kier alpha value is -3.03. The zero-order valence-electron chi connectivity index (χ0n) is 15.7. The van der Waals surface area contributed by atoms with Crippen molar-refractivity contribution in [1.29, 1.82) is 0 Å². The number of nitrogens with one attached hydrogen (secondary N) is 2. The first-order valence-electron chi connectivity index (χ1n) is 8.74. The molecular weight excluding hydrogens is 352 g/mol. The predicted molar refractivity (Wildman–Crippen MR) is 97.3 cm³/mol. The van der Waals surface area contributed by atoms with Gasteiger partial charge in [-0.25, -0.2) is 14.4 Å². The van der Waals surface area contributed by atoms with E-state index in [0.29, 0.717) is 23.8 Å². The number of benzene rings is 1. The van der Waals surface area contributed by atoms with Crippen LogP contribution in [0.4, 0.5) is 4.79 Å². The average Bonchev–Trinajstić information content (AvgIpc) is 2.65. The van der Waals surface area contributed by atoms with Crippen LogP contribution in [0, 0.1) is 5.92 Å². The van der Waals surface area contributed by atoms with Crippen molar-refractivity contribution < 1.29 is 28.6 Å². The van der Waals surface area contributed by atoms with Gasteiger partial charge < -0.3 is 24.8 Å². The van der Waals surface area contributed by atoms with E-state index in [1.165, 1.54) is 0 Å². The molecule has 0 unspecified atom stereocenters. The van der Waals surface area contributed by atoms with E-state index in [-0.39, 0.29) is 31.0 Å². The van der Waals surface area contributed by atoms with Crippen molar-refractivity contribution in [3.63, 3.8) is 0 Å². The molecule has 27 heavy (non-hydrogen) atoms. The standard InChI is InChI=1S/C19H24N2O6/c1-4-25-18(23)15-9-20-19(24)21-16(15)11-27-17(22)13-6-5-7-14(8-13)26-10-12(2)3/h5-8,12H,4,9-11H2,1-3H3,(H2,20,21,24). The maximum atomic E-state index is 12.3. The second-order valence-electron chi connectivity index (χ2n) is 6.29. The summed E-state index contributed by atoms with van der Waals surface area (Å²) in [5, 5.41) is 4.97. The van der Waals surface area contributed by atoms with Gasteiger partial charge in [-0.05, 0) is 31.0 Å². The normalized spacial score (nSPS) is 13.7. The number of rotatable bonds is 8. The Morgan fingerprint density at radius 1 is 1.19 bits per heavy atom. The lowest BCUT2D eigenvalue weighted by Gasteiger charge is -2.21. The first-order chi connectivity index (χ1) is 12.9. The molecule has 146 valence electrons. The van der Waals surface area contributed by atoms with Crippen molar-refractivity contribution in [1.82, 2.24) is 10.6 Å². The van der Waals surface area contributed by atoms with Crippen LogP contribution in [-0.2, 0) is 14.3 Å². The first-order valence-corrected chi connectivity index (χ1v) is 8.74. The summed E-state index contributed by atoms with van der Waals surface area (Å²) in [5.74, 6) is -0.231. The van der Waals surface area contributed by atoms with Crippen molar-refractivity contribution in [2.45, 2.75) is 20.8 Å². The van der Waals surface area contributed by atoms with Crippen LogP contribution in [0.3, 0.4) is 0 Å². The number of hydrogen-bond donors (Lipinski definition) is 2. The third-order valence-corrected chi connectivity index (χ3v) is 3.58. The van der Waals surface area contributed by atoms with Gasteiger partial charge in [0.05, 0.1) is 36.6 Å². The molecule has 0 saturated carbocycles. The Morgan fingerprint density at radius 2 is 1.96 bits per heavy atom. The highest BCUT2D eigenvalue weighted by molar-refractivity contribution is 5.94. The van der Waals surface area contributed by atoms with E-state index in [1.54, 1.807) is 31.2 Å². The van der Waals surface area contributed by atoms with Gasteiger partial charge in [0, 0.05) is 0 Å². The molecule has 2 N–H and O–H groups in total. The number of amides is 2. The van der Waals surface area contributed by atoms with Gasteiger partial charge in [0.15, 0.2) is 0 Å². The smallest absolute Gasteiger partial charge is 0.338 e. The SMILES string of the molecule is CCOC(=O)C1=C(COC(=O)c2cccc(OCC(C)C)c2)NC(=O)NC1. The molecule has 0 atom stereocenters. The fourth-order valence-corrected chi connectivity index (χ4v) is 2.27. The molecule has 1 aromatic carbocycles. The lowest BCUT2D eigenvalue weighted by Crippen LogP contribution is -2.45. The molecule has 0 aliphatic carbocycles. The van der Waals surface area contributed by atoms with Crippen LogP contribution in [0.1, 0.15) is 31.1 Å². The minimum Gasteiger partial charge on any atom is -0.493 e. The molecule has 1 heterocycles. The van der Waals surface area contributed by atoms with E-state index in [4.69, 9.17) is 14.2 Å². The molecule has 2 rings (SSSR count). The first kappa shape index (κ1) is 20.3. The third-order valence-electron chi connectivity index (χ3n) is 3.58. The molecule has 0 radical (unpaired) electrons. The summed E-state index contributed by atoms with van der Waals surface area (Å²) in [5.41, 5.74) is 0.742. The van der Waals surface area contributed by atoms with Crippen LogP contribution in [0.25, 0.3) is 0 Å². The number of carbonyl (C=O) groups is 3. The van der Waals surface area contributed by atoms with Crippen molar-refractivity contribution in [3.8, 4) is 5.75 Å². The molecule has 8 heteroatoms. The van der Waals surface area contributed by atoms with Gasteiger partial charge >= 0.3 is 18.0 Å². The van der Waals surface area contributed by atoms with E-state index in [9.17, 15) is 14.4 Å². The minimum absolute atomic E-state index is 0.01000. The molecular formula is C19H24N2O6. The zero-order chi connectivity index (χ0) is 19.8. The second kappa shape index (κ2) is 9.61. The highest BCUT2D eigenvalue weighted by atomic mass is 16.5. The van der Waals surface area contributed by atoms with Crippen molar-refractivity contribution in [3.05, 3.63) is 41.1 Å². The van der Waals surface area contributed by atoms with Crippen molar-refractivity contribution in [2.75, 3.05) is 26.4 Å². The molecule has 0 saturated heterocycles. The highest BCUT2D eigenvalue weighted by Crippen LogP contribution is 2.16. The second-order valence-corrected chi connectivity index (χ2v) is 6.29. The van der Waals surface area contributed by atoms with E-state index >= 15 is 0 Å². The Bertz CT molecular complexity index is 741. The molecule has 8 nitrogen and oxygen atoms in total. The zero-order valence-corrected chi connectivity index (χ0v) is 15.7. The predicted octanol–water partition coefficient (Wildman–Crippen LogP) is 2.01. The lowest BCUT2D eigenvalue weighted by molar-refractivity contribution is -0.138. The fraction of sp³-hybridized carbons (Fsp3) is 0.421. The maximum absolute atomic E-state index is 12.3. The summed E-state index contributed by atoms with van der Waals surface area (Å²) in [6, 6.07) is 6.17. The van der Waals surface area contributed by atoms with Gasteiger partial charge in [-0.15, -0.1) is 0 Å². The number of hydrogen-bond acceptors (Lipinski definition) is 6. The van der Waals surface area contributed by atoms with Crippen molar-refractivity contribution in [2.24, 2.45) is 5.92 Å². The molecule has 1 aliphatic rings. The Morgan fingerprint density at radius 3 is 2.67 bits per heavy atom. The molecule has 0 spiro atoms. The van der Waals surface area contributed by atoms with Gasteiger partial charge in [0.2, 0.25) is 0 Å². The summed E-state index contributed by atoms with van der Waals surface area (Å²) in [6.45, 7) is 6.23. The van der Waals surface area contributed by atoms with Gasteiger partial charge in [-0.1, -0.05) is 19.9 Å². The molecule has 1 aromatic rings. The summed E-state index contributed by atoms with van der Waals surface area (Å²) >= 11 is 0. The molecule has 0 bridgehead atoms. The van der Waals surface area contributed by atoms with Crippen LogP contribution in [0.15, 0.2) is 35.5 Å². The number of urea groups is 1. The van der Waals surface area contributed by atoms with Crippen LogP contribution in [-0.4, -0.2) is 44.3 Å². The van der Waals surface area contributed by atoms with Crippen LogP contribution in [0.2, 0.25) is 0 Å². The number of carbonyl (C=O) groups excluding carboxylic acids is 3. The Kier molecular flexibility index (Phi) is 7.22. The lowest BCUT2D eigenvalue weighted by atomic mass is 10.1. The molecule has 0 fully saturated rings.